The number of morpholine rings is 1. The van der Waals surface area contributed by atoms with Gasteiger partial charge in [-0.05, 0) is 77.3 Å². The molecule has 178 valence electrons. The molecule has 2 amide bonds. The Morgan fingerprint density at radius 2 is 1.75 bits per heavy atom. The van der Waals surface area contributed by atoms with Crippen LogP contribution in [0.2, 0.25) is 0 Å². The van der Waals surface area contributed by atoms with Crippen molar-refractivity contribution in [3.63, 3.8) is 0 Å². The van der Waals surface area contributed by atoms with Crippen LogP contribution in [0.3, 0.4) is 0 Å². The average molecular weight is 444 g/mol. The van der Waals surface area contributed by atoms with Crippen molar-refractivity contribution in [2.45, 2.75) is 110 Å². The number of ether oxygens (including phenoxy) is 1. The van der Waals surface area contributed by atoms with Crippen LogP contribution in [0.15, 0.2) is 12.1 Å². The fraction of sp³-hybridized carbons (Fsp3) is 0.731. The van der Waals surface area contributed by atoms with Crippen LogP contribution in [0.5, 0.6) is 0 Å². The van der Waals surface area contributed by atoms with E-state index in [1.165, 1.54) is 42.6 Å². The van der Waals surface area contributed by atoms with Crippen LogP contribution < -0.4 is 5.32 Å². The van der Waals surface area contributed by atoms with Gasteiger partial charge in [-0.25, -0.2) is 4.79 Å². The summed E-state index contributed by atoms with van der Waals surface area (Å²) in [5, 5.41) is 2.97. The highest BCUT2D eigenvalue weighted by Gasteiger charge is 2.31. The maximum absolute atomic E-state index is 12.7. The third kappa shape index (κ3) is 7.03. The largest absolute Gasteiger partial charge is 0.377 e. The molecule has 3 rings (SSSR count). The Bertz CT molecular complexity index is 757. The zero-order chi connectivity index (χ0) is 22.9. The normalized spacial score (nSPS) is 21.7. The average Bonchev–Trinajstić information content (AvgIpc) is 2.77. The Hall–Kier alpha value is -1.95. The number of pyridine rings is 1. The van der Waals surface area contributed by atoms with E-state index in [1.807, 2.05) is 18.7 Å². The molecule has 0 aromatic carbocycles. The van der Waals surface area contributed by atoms with Crippen LogP contribution in [0.1, 0.15) is 89.1 Å². The minimum Gasteiger partial charge on any atom is -0.377 e. The molecule has 0 saturated carbocycles. The summed E-state index contributed by atoms with van der Waals surface area (Å²) in [5.41, 5.74) is 4.01. The van der Waals surface area contributed by atoms with E-state index in [0.717, 1.165) is 38.5 Å². The number of carbonyl (C=O) groups excluding carboxylic acids is 2. The maximum atomic E-state index is 12.7. The summed E-state index contributed by atoms with van der Waals surface area (Å²) in [6, 6.07) is 3.99. The molecule has 6 nitrogen and oxygen atoms in total. The van der Waals surface area contributed by atoms with Gasteiger partial charge in [0.1, 0.15) is 0 Å². The van der Waals surface area contributed by atoms with Gasteiger partial charge in [0.2, 0.25) is 0 Å². The monoisotopic (exact) mass is 443 g/mol. The van der Waals surface area contributed by atoms with E-state index in [2.05, 4.69) is 17.4 Å². The quantitative estimate of drug-likeness (QED) is 0.536. The first-order valence-electron chi connectivity index (χ1n) is 12.6. The van der Waals surface area contributed by atoms with E-state index < -0.39 is 6.04 Å². The fourth-order valence-corrected chi connectivity index (χ4v) is 4.96. The van der Waals surface area contributed by atoms with Gasteiger partial charge < -0.3 is 15.0 Å². The first-order chi connectivity index (χ1) is 15.5. The summed E-state index contributed by atoms with van der Waals surface area (Å²) >= 11 is 0. The Morgan fingerprint density at radius 3 is 2.50 bits per heavy atom. The first-order valence-corrected chi connectivity index (χ1v) is 12.6. The SMILES string of the molecule is CC(=O)[C@H](CCCCCCCc1ccc2c(n1)CCCC2)NC(=O)N1[C@H](C)COC[C@@H]1C. The second kappa shape index (κ2) is 12.3. The van der Waals surface area contributed by atoms with Crippen LogP contribution in [0.4, 0.5) is 4.79 Å². The Kier molecular flexibility index (Phi) is 9.51. The topological polar surface area (TPSA) is 71.5 Å². The van der Waals surface area contributed by atoms with Crippen LogP contribution in [0, 0.1) is 0 Å². The number of ketones is 1. The van der Waals surface area contributed by atoms with Gasteiger partial charge in [0.25, 0.3) is 0 Å². The van der Waals surface area contributed by atoms with E-state index in [9.17, 15) is 9.59 Å². The molecule has 0 bridgehead atoms. The molecule has 1 aromatic rings. The minimum atomic E-state index is -0.399. The van der Waals surface area contributed by atoms with E-state index in [1.54, 1.807) is 6.92 Å². The number of fused-ring (bicyclic) bond motifs is 1. The molecule has 0 radical (unpaired) electrons. The number of amides is 2. The summed E-state index contributed by atoms with van der Waals surface area (Å²) in [7, 11) is 0. The number of aromatic nitrogens is 1. The lowest BCUT2D eigenvalue weighted by Gasteiger charge is -2.39. The van der Waals surface area contributed by atoms with Crippen LogP contribution in [0.25, 0.3) is 0 Å². The molecule has 1 fully saturated rings. The first kappa shape index (κ1) is 24.7. The number of nitrogens with one attached hydrogen (secondary N) is 1. The smallest absolute Gasteiger partial charge is 0.318 e. The number of Topliss-reactive ketones (excluding diaryl/α,β-unsaturated/α-hetero) is 1. The minimum absolute atomic E-state index is 0.0240. The second-order valence-corrected chi connectivity index (χ2v) is 9.68. The van der Waals surface area contributed by atoms with Crippen molar-refractivity contribution in [1.82, 2.24) is 15.2 Å². The van der Waals surface area contributed by atoms with Crippen molar-refractivity contribution >= 4 is 11.8 Å². The predicted molar refractivity (Wildman–Crippen MR) is 127 cm³/mol. The van der Waals surface area contributed by atoms with Gasteiger partial charge in [0.15, 0.2) is 5.78 Å². The van der Waals surface area contributed by atoms with Gasteiger partial charge in [-0.1, -0.05) is 31.7 Å². The zero-order valence-corrected chi connectivity index (χ0v) is 20.2. The van der Waals surface area contributed by atoms with Crippen molar-refractivity contribution in [1.29, 1.82) is 0 Å². The molecule has 0 spiro atoms. The van der Waals surface area contributed by atoms with Crippen molar-refractivity contribution in [2.24, 2.45) is 0 Å². The highest BCUT2D eigenvalue weighted by atomic mass is 16.5. The van der Waals surface area contributed by atoms with E-state index >= 15 is 0 Å². The molecular formula is C26H41N3O3. The molecule has 1 aliphatic carbocycles. The Morgan fingerprint density at radius 1 is 1.06 bits per heavy atom. The van der Waals surface area contributed by atoms with Crippen molar-refractivity contribution in [3.05, 3.63) is 29.1 Å². The summed E-state index contributed by atoms with van der Waals surface area (Å²) in [4.78, 5) is 31.5. The maximum Gasteiger partial charge on any atom is 0.318 e. The summed E-state index contributed by atoms with van der Waals surface area (Å²) < 4.78 is 5.50. The zero-order valence-electron chi connectivity index (χ0n) is 20.2. The molecular weight excluding hydrogens is 402 g/mol. The number of aryl methyl sites for hydroxylation is 3. The lowest BCUT2D eigenvalue weighted by Crippen LogP contribution is -2.58. The van der Waals surface area contributed by atoms with Gasteiger partial charge in [-0.2, -0.15) is 0 Å². The number of rotatable bonds is 10. The number of nitrogens with zero attached hydrogens (tertiary/aromatic N) is 2. The molecule has 6 heteroatoms. The molecule has 1 aliphatic heterocycles. The summed E-state index contributed by atoms with van der Waals surface area (Å²) in [6.45, 7) is 6.63. The molecule has 2 heterocycles. The Balaban J connectivity index is 1.32. The number of unbranched alkanes of at least 4 members (excludes halogenated alkanes) is 4. The molecule has 1 saturated heterocycles. The summed E-state index contributed by atoms with van der Waals surface area (Å²) in [5.74, 6) is 0.0328. The molecule has 32 heavy (non-hydrogen) atoms. The standard InChI is InChI=1S/C26H41N3O3/c1-19-17-32-18-20(2)29(19)26(31)28-24(21(3)30)13-8-6-4-5-7-12-23-16-15-22-11-9-10-14-25(22)27-23/h15-16,19-20,24H,4-14,17-18H2,1-3H3,(H,28,31)/t19-,20+,24-/m0/s1. The number of hydrogen-bond donors (Lipinski definition) is 1. The van der Waals surface area contributed by atoms with Gasteiger partial charge in [0, 0.05) is 11.4 Å². The van der Waals surface area contributed by atoms with E-state index in [4.69, 9.17) is 9.72 Å². The highest BCUT2D eigenvalue weighted by Crippen LogP contribution is 2.20. The highest BCUT2D eigenvalue weighted by molar-refractivity contribution is 5.87. The van der Waals surface area contributed by atoms with Gasteiger partial charge in [-0.3, -0.25) is 9.78 Å². The summed E-state index contributed by atoms with van der Waals surface area (Å²) in [6.07, 6.45) is 12.2. The second-order valence-electron chi connectivity index (χ2n) is 9.68. The van der Waals surface area contributed by atoms with Crippen molar-refractivity contribution in [2.75, 3.05) is 13.2 Å². The molecule has 0 unspecified atom stereocenters. The van der Waals surface area contributed by atoms with Crippen LogP contribution in [-0.4, -0.2) is 53.0 Å². The third-order valence-electron chi connectivity index (χ3n) is 6.85. The van der Waals surface area contributed by atoms with Crippen LogP contribution in [-0.2, 0) is 28.8 Å². The Labute approximate surface area is 193 Å². The predicted octanol–water partition coefficient (Wildman–Crippen LogP) is 4.62. The van der Waals surface area contributed by atoms with Gasteiger partial charge in [-0.15, -0.1) is 0 Å². The molecule has 3 atom stereocenters. The number of carbonyl (C=O) groups is 2. The van der Waals surface area contributed by atoms with E-state index in [0.29, 0.717) is 19.6 Å². The number of hydrogen-bond acceptors (Lipinski definition) is 4. The molecule has 1 N–H and O–H groups in total. The van der Waals surface area contributed by atoms with Crippen molar-refractivity contribution < 1.29 is 14.3 Å². The van der Waals surface area contributed by atoms with Crippen molar-refractivity contribution in [3.8, 4) is 0 Å². The molecule has 1 aromatic heterocycles. The number of urea groups is 1. The fourth-order valence-electron chi connectivity index (χ4n) is 4.96. The van der Waals surface area contributed by atoms with Crippen LogP contribution >= 0.6 is 0 Å². The van der Waals surface area contributed by atoms with E-state index in [-0.39, 0.29) is 23.9 Å². The van der Waals surface area contributed by atoms with Gasteiger partial charge in [0.05, 0.1) is 31.3 Å². The third-order valence-corrected chi connectivity index (χ3v) is 6.85. The molecule has 2 aliphatic rings. The van der Waals surface area contributed by atoms with Gasteiger partial charge >= 0.3 is 6.03 Å². The lowest BCUT2D eigenvalue weighted by atomic mass is 9.95. The lowest BCUT2D eigenvalue weighted by molar-refractivity contribution is -0.119.